The van der Waals surface area contributed by atoms with Crippen LogP contribution in [-0.2, 0) is 4.74 Å². The molecule has 3 aromatic rings. The molecule has 2 aromatic heterocycles. The monoisotopic (exact) mass is 340 g/mol. The zero-order valence-corrected chi connectivity index (χ0v) is 13.8. The second kappa shape index (κ2) is 6.71. The molecule has 0 radical (unpaired) electrons. The molecule has 0 amide bonds. The Labute approximate surface area is 145 Å². The van der Waals surface area contributed by atoms with Crippen molar-refractivity contribution in [3.63, 3.8) is 0 Å². The highest BCUT2D eigenvalue weighted by molar-refractivity contribution is 6.30. The van der Waals surface area contributed by atoms with Crippen LogP contribution < -0.4 is 5.32 Å². The smallest absolute Gasteiger partial charge is 0.156 e. The Bertz CT molecular complexity index is 847. The number of halogens is 1. The number of aromatic nitrogens is 3. The van der Waals surface area contributed by atoms with E-state index < -0.39 is 0 Å². The molecule has 4 rings (SSSR count). The molecule has 0 spiro atoms. The van der Waals surface area contributed by atoms with Crippen molar-refractivity contribution in [3.8, 4) is 11.3 Å². The van der Waals surface area contributed by atoms with Crippen molar-refractivity contribution in [2.75, 3.05) is 18.5 Å². The third-order valence-corrected chi connectivity index (χ3v) is 4.47. The lowest BCUT2D eigenvalue weighted by atomic mass is 10.1. The standard InChI is InChI=1S/C18H17ClN4O/c19-13-5-3-12(4-6-13)17-16-11-20-8-7-15(16)18(23-22-17)21-10-14-2-1-9-24-14/h3-8,11,14H,1-2,9-10H2,(H,21,23). The van der Waals surface area contributed by atoms with Crippen LogP contribution >= 0.6 is 11.6 Å². The topological polar surface area (TPSA) is 59.9 Å². The van der Waals surface area contributed by atoms with E-state index in [1.54, 1.807) is 6.20 Å². The van der Waals surface area contributed by atoms with Crippen LogP contribution in [0, 0.1) is 0 Å². The minimum atomic E-state index is 0.250. The summed E-state index contributed by atoms with van der Waals surface area (Å²) in [5.41, 5.74) is 1.77. The molecule has 0 bridgehead atoms. The quantitative estimate of drug-likeness (QED) is 0.779. The van der Waals surface area contributed by atoms with Gasteiger partial charge < -0.3 is 10.1 Å². The van der Waals surface area contributed by atoms with Gasteiger partial charge in [-0.25, -0.2) is 0 Å². The lowest BCUT2D eigenvalue weighted by Gasteiger charge is -2.13. The third-order valence-electron chi connectivity index (χ3n) is 4.22. The van der Waals surface area contributed by atoms with Crippen LogP contribution in [0.1, 0.15) is 12.8 Å². The molecule has 122 valence electrons. The molecular weight excluding hydrogens is 324 g/mol. The Kier molecular flexibility index (Phi) is 4.28. The van der Waals surface area contributed by atoms with Gasteiger partial charge in [0.25, 0.3) is 0 Å². The second-order valence-electron chi connectivity index (χ2n) is 5.84. The van der Waals surface area contributed by atoms with Gasteiger partial charge in [0.15, 0.2) is 5.82 Å². The lowest BCUT2D eigenvalue weighted by molar-refractivity contribution is 0.120. The SMILES string of the molecule is Clc1ccc(-c2nnc(NCC3CCCO3)c3ccncc23)cc1. The molecular formula is C18H17ClN4O. The van der Waals surface area contributed by atoms with Crippen LogP contribution in [-0.4, -0.2) is 34.4 Å². The lowest BCUT2D eigenvalue weighted by Crippen LogP contribution is -2.19. The van der Waals surface area contributed by atoms with Crippen molar-refractivity contribution in [3.05, 3.63) is 47.7 Å². The van der Waals surface area contributed by atoms with E-state index in [0.29, 0.717) is 5.02 Å². The number of rotatable bonds is 4. The Morgan fingerprint density at radius 3 is 2.79 bits per heavy atom. The van der Waals surface area contributed by atoms with Gasteiger partial charge in [-0.1, -0.05) is 23.7 Å². The number of nitrogens with zero attached hydrogens (tertiary/aromatic N) is 3. The van der Waals surface area contributed by atoms with E-state index >= 15 is 0 Å². The van der Waals surface area contributed by atoms with Crippen molar-refractivity contribution in [1.82, 2.24) is 15.2 Å². The van der Waals surface area contributed by atoms with Crippen LogP contribution in [0.4, 0.5) is 5.82 Å². The van der Waals surface area contributed by atoms with Crippen molar-refractivity contribution in [2.24, 2.45) is 0 Å². The van der Waals surface area contributed by atoms with Crippen LogP contribution in [0.2, 0.25) is 5.02 Å². The minimum absolute atomic E-state index is 0.250. The predicted octanol–water partition coefficient (Wildman–Crippen LogP) is 3.94. The van der Waals surface area contributed by atoms with E-state index in [1.165, 1.54) is 0 Å². The number of pyridine rings is 1. The number of anilines is 1. The van der Waals surface area contributed by atoms with Gasteiger partial charge in [-0.15, -0.1) is 10.2 Å². The number of hydrogen-bond donors (Lipinski definition) is 1. The summed E-state index contributed by atoms with van der Waals surface area (Å²) in [7, 11) is 0. The summed E-state index contributed by atoms with van der Waals surface area (Å²) in [6, 6.07) is 9.55. The van der Waals surface area contributed by atoms with E-state index in [2.05, 4.69) is 20.5 Å². The normalized spacial score (nSPS) is 17.3. The number of benzene rings is 1. The van der Waals surface area contributed by atoms with Gasteiger partial charge >= 0.3 is 0 Å². The van der Waals surface area contributed by atoms with Crippen molar-refractivity contribution in [2.45, 2.75) is 18.9 Å². The number of nitrogens with one attached hydrogen (secondary N) is 1. The van der Waals surface area contributed by atoms with Gasteiger partial charge in [0.2, 0.25) is 0 Å². The molecule has 1 atom stereocenters. The first-order chi connectivity index (χ1) is 11.8. The van der Waals surface area contributed by atoms with Crippen molar-refractivity contribution < 1.29 is 4.74 Å². The molecule has 1 aliphatic rings. The molecule has 1 unspecified atom stereocenters. The van der Waals surface area contributed by atoms with E-state index in [0.717, 1.165) is 53.8 Å². The largest absolute Gasteiger partial charge is 0.376 e. The highest BCUT2D eigenvalue weighted by Crippen LogP contribution is 2.29. The summed E-state index contributed by atoms with van der Waals surface area (Å²) in [4.78, 5) is 4.25. The molecule has 24 heavy (non-hydrogen) atoms. The fourth-order valence-corrected chi connectivity index (χ4v) is 3.09. The first-order valence-electron chi connectivity index (χ1n) is 8.03. The first kappa shape index (κ1) is 15.3. The zero-order chi connectivity index (χ0) is 16.4. The van der Waals surface area contributed by atoms with Gasteiger partial charge in [-0.05, 0) is 31.0 Å². The highest BCUT2D eigenvalue weighted by Gasteiger charge is 2.17. The van der Waals surface area contributed by atoms with Gasteiger partial charge in [-0.3, -0.25) is 4.98 Å². The molecule has 1 aromatic carbocycles. The molecule has 3 heterocycles. The van der Waals surface area contributed by atoms with Crippen molar-refractivity contribution in [1.29, 1.82) is 0 Å². The van der Waals surface area contributed by atoms with Crippen molar-refractivity contribution >= 4 is 28.2 Å². The molecule has 6 heteroatoms. The predicted molar refractivity (Wildman–Crippen MR) is 95.2 cm³/mol. The van der Waals surface area contributed by atoms with E-state index in [9.17, 15) is 0 Å². The molecule has 5 nitrogen and oxygen atoms in total. The molecule has 0 aliphatic carbocycles. The maximum atomic E-state index is 5.98. The van der Waals surface area contributed by atoms with Gasteiger partial charge in [0.05, 0.1) is 6.10 Å². The Morgan fingerprint density at radius 2 is 2.00 bits per heavy atom. The maximum Gasteiger partial charge on any atom is 0.156 e. The third kappa shape index (κ3) is 3.05. The number of ether oxygens (including phenoxy) is 1. The summed E-state index contributed by atoms with van der Waals surface area (Å²) >= 11 is 5.98. The van der Waals surface area contributed by atoms with E-state index in [-0.39, 0.29) is 6.10 Å². The van der Waals surface area contributed by atoms with Gasteiger partial charge in [0.1, 0.15) is 5.69 Å². The Morgan fingerprint density at radius 1 is 1.12 bits per heavy atom. The average Bonchev–Trinajstić information content (AvgIpc) is 3.14. The van der Waals surface area contributed by atoms with E-state index in [4.69, 9.17) is 16.3 Å². The van der Waals surface area contributed by atoms with Crippen LogP contribution in [0.25, 0.3) is 22.0 Å². The second-order valence-corrected chi connectivity index (χ2v) is 6.28. The van der Waals surface area contributed by atoms with Crippen LogP contribution in [0.3, 0.4) is 0 Å². The first-order valence-corrected chi connectivity index (χ1v) is 8.41. The number of hydrogen-bond acceptors (Lipinski definition) is 5. The zero-order valence-electron chi connectivity index (χ0n) is 13.1. The summed E-state index contributed by atoms with van der Waals surface area (Å²) in [6.07, 6.45) is 6.05. The highest BCUT2D eigenvalue weighted by atomic mass is 35.5. The number of fused-ring (bicyclic) bond motifs is 1. The Balaban J connectivity index is 1.70. The molecule has 1 fully saturated rings. The average molecular weight is 341 g/mol. The molecule has 1 N–H and O–H groups in total. The van der Waals surface area contributed by atoms with E-state index in [1.807, 2.05) is 36.5 Å². The fraction of sp³-hybridized carbons (Fsp3) is 0.278. The fourth-order valence-electron chi connectivity index (χ4n) is 2.96. The maximum absolute atomic E-state index is 5.98. The molecule has 1 saturated heterocycles. The Hall–Kier alpha value is -2.24. The van der Waals surface area contributed by atoms with Gasteiger partial charge in [-0.2, -0.15) is 0 Å². The molecule has 0 saturated carbocycles. The summed E-state index contributed by atoms with van der Waals surface area (Å²) in [5, 5.41) is 14.8. The van der Waals surface area contributed by atoms with Crippen LogP contribution in [0.15, 0.2) is 42.7 Å². The minimum Gasteiger partial charge on any atom is -0.376 e. The molecule has 1 aliphatic heterocycles. The summed E-state index contributed by atoms with van der Waals surface area (Å²) in [6.45, 7) is 1.59. The summed E-state index contributed by atoms with van der Waals surface area (Å²) in [5.74, 6) is 0.764. The van der Waals surface area contributed by atoms with Crippen LogP contribution in [0.5, 0.6) is 0 Å². The summed E-state index contributed by atoms with van der Waals surface area (Å²) < 4.78 is 5.66. The van der Waals surface area contributed by atoms with Gasteiger partial charge in [0, 0.05) is 46.9 Å².